The van der Waals surface area contributed by atoms with E-state index in [-0.39, 0.29) is 29.9 Å². The number of aldehydes is 1. The van der Waals surface area contributed by atoms with E-state index in [1.54, 1.807) is 22.8 Å². The molecule has 2 aromatic rings. The summed E-state index contributed by atoms with van der Waals surface area (Å²) in [6, 6.07) is 5.96. The molecule has 0 spiro atoms. The van der Waals surface area contributed by atoms with Crippen molar-refractivity contribution in [1.82, 2.24) is 4.57 Å². The Labute approximate surface area is 159 Å². The van der Waals surface area contributed by atoms with Gasteiger partial charge in [0, 0.05) is 30.0 Å². The second-order valence-corrected chi connectivity index (χ2v) is 7.01. The maximum absolute atomic E-state index is 13.5. The van der Waals surface area contributed by atoms with Gasteiger partial charge in [-0.2, -0.15) is 0 Å². The van der Waals surface area contributed by atoms with Crippen LogP contribution in [0, 0.1) is 5.82 Å². The Balaban J connectivity index is 3.05. The van der Waals surface area contributed by atoms with Crippen LogP contribution in [0.4, 0.5) is 4.39 Å². The molecule has 0 saturated heterocycles. The fourth-order valence-electron chi connectivity index (χ4n) is 3.41. The van der Waals surface area contributed by atoms with Gasteiger partial charge in [0.05, 0.1) is 12.2 Å². The largest absolute Gasteiger partial charge is 0.380 e. The average Bonchev–Trinajstić information content (AvgIpc) is 2.62. The Morgan fingerprint density at radius 2 is 1.78 bits per heavy atom. The predicted molar refractivity (Wildman–Crippen MR) is 106 cm³/mol. The molecule has 27 heavy (non-hydrogen) atoms. The molecule has 5 heteroatoms. The number of nitrogens with zero attached hydrogens (tertiary/aromatic N) is 1. The van der Waals surface area contributed by atoms with Gasteiger partial charge >= 0.3 is 0 Å². The van der Waals surface area contributed by atoms with Crippen LogP contribution in [0.1, 0.15) is 56.5 Å². The molecule has 0 saturated carbocycles. The quantitative estimate of drug-likeness (QED) is 0.523. The second-order valence-electron chi connectivity index (χ2n) is 7.01. The monoisotopic (exact) mass is 371 g/mol. The Hall–Kier alpha value is -2.53. The lowest BCUT2D eigenvalue weighted by Gasteiger charge is -2.26. The third-order valence-electron chi connectivity index (χ3n) is 4.41. The molecule has 1 heterocycles. The molecule has 2 rings (SSSR count). The van der Waals surface area contributed by atoms with Crippen molar-refractivity contribution in [2.45, 2.75) is 46.3 Å². The molecule has 0 aliphatic carbocycles. The summed E-state index contributed by atoms with van der Waals surface area (Å²) in [4.78, 5) is 24.3. The average molecular weight is 371 g/mol. The van der Waals surface area contributed by atoms with Crippen molar-refractivity contribution in [1.29, 1.82) is 0 Å². The van der Waals surface area contributed by atoms with E-state index in [2.05, 4.69) is 0 Å². The zero-order valence-corrected chi connectivity index (χ0v) is 16.5. The Morgan fingerprint density at radius 1 is 1.15 bits per heavy atom. The minimum absolute atomic E-state index is 0.0437. The Bertz CT molecular complexity index is 893. The summed E-state index contributed by atoms with van der Waals surface area (Å²) in [5.41, 5.74) is 3.38. The number of methoxy groups -OCH3 is 1. The number of allylic oxidation sites excluding steroid dienone is 1. The SMILES string of the molecule is COCc1c(-c2ccc(F)cc2)c(/C=C/C=O)c(C(C)C)n(C(C)C)c1=O. The van der Waals surface area contributed by atoms with Crippen LogP contribution in [0.5, 0.6) is 0 Å². The highest BCUT2D eigenvalue weighted by molar-refractivity contribution is 5.83. The Morgan fingerprint density at radius 3 is 2.26 bits per heavy atom. The molecule has 0 atom stereocenters. The highest BCUT2D eigenvalue weighted by Gasteiger charge is 2.24. The third-order valence-corrected chi connectivity index (χ3v) is 4.41. The molecular formula is C22H26FNO3. The molecule has 0 N–H and O–H groups in total. The molecule has 0 aliphatic rings. The number of carbonyl (C=O) groups excluding carboxylic acids is 1. The van der Waals surface area contributed by atoms with E-state index >= 15 is 0 Å². The van der Waals surface area contributed by atoms with Crippen molar-refractivity contribution in [2.24, 2.45) is 0 Å². The summed E-state index contributed by atoms with van der Waals surface area (Å²) >= 11 is 0. The highest BCUT2D eigenvalue weighted by atomic mass is 19.1. The zero-order chi connectivity index (χ0) is 20.1. The van der Waals surface area contributed by atoms with Gasteiger partial charge in [-0.1, -0.05) is 26.0 Å². The zero-order valence-electron chi connectivity index (χ0n) is 16.5. The molecule has 4 nitrogen and oxygen atoms in total. The second kappa shape index (κ2) is 8.91. The first-order valence-corrected chi connectivity index (χ1v) is 9.01. The van der Waals surface area contributed by atoms with Crippen LogP contribution in [-0.4, -0.2) is 18.0 Å². The van der Waals surface area contributed by atoms with E-state index in [1.807, 2.05) is 27.7 Å². The number of hydrogen-bond donors (Lipinski definition) is 0. The van der Waals surface area contributed by atoms with Gasteiger partial charge in [0.15, 0.2) is 0 Å². The van der Waals surface area contributed by atoms with E-state index in [0.717, 1.165) is 11.3 Å². The summed E-state index contributed by atoms with van der Waals surface area (Å²) in [6.07, 6.45) is 3.85. The van der Waals surface area contributed by atoms with Gasteiger partial charge in [0.25, 0.3) is 5.56 Å². The van der Waals surface area contributed by atoms with Crippen LogP contribution < -0.4 is 5.56 Å². The molecule has 144 valence electrons. The number of carbonyl (C=O) groups is 1. The number of benzene rings is 1. The number of pyridine rings is 1. The fraction of sp³-hybridized carbons (Fsp3) is 0.364. The molecule has 0 bridgehead atoms. The van der Waals surface area contributed by atoms with Gasteiger partial charge in [0.2, 0.25) is 0 Å². The summed E-state index contributed by atoms with van der Waals surface area (Å²) in [7, 11) is 1.53. The van der Waals surface area contributed by atoms with Gasteiger partial charge in [0.1, 0.15) is 12.1 Å². The fourth-order valence-corrected chi connectivity index (χ4v) is 3.41. The topological polar surface area (TPSA) is 48.3 Å². The van der Waals surface area contributed by atoms with Crippen LogP contribution >= 0.6 is 0 Å². The molecule has 0 unspecified atom stereocenters. The number of ether oxygens (including phenoxy) is 1. The van der Waals surface area contributed by atoms with Crippen molar-refractivity contribution in [3.8, 4) is 11.1 Å². The van der Waals surface area contributed by atoms with Crippen molar-refractivity contribution >= 4 is 12.4 Å². The first-order chi connectivity index (χ1) is 12.8. The van der Waals surface area contributed by atoms with Crippen LogP contribution in [0.25, 0.3) is 17.2 Å². The molecule has 0 amide bonds. The first-order valence-electron chi connectivity index (χ1n) is 9.01. The van der Waals surface area contributed by atoms with Gasteiger partial charge < -0.3 is 9.30 Å². The number of rotatable bonds is 7. The maximum atomic E-state index is 13.5. The molecular weight excluding hydrogens is 345 g/mol. The number of aromatic nitrogens is 1. The summed E-state index contributed by atoms with van der Waals surface area (Å²) in [5.74, 6) is -0.307. The van der Waals surface area contributed by atoms with Crippen molar-refractivity contribution in [3.63, 3.8) is 0 Å². The minimum Gasteiger partial charge on any atom is -0.380 e. The first kappa shape index (κ1) is 20.8. The summed E-state index contributed by atoms with van der Waals surface area (Å²) < 4.78 is 20.5. The van der Waals surface area contributed by atoms with E-state index in [9.17, 15) is 14.0 Å². The van der Waals surface area contributed by atoms with Crippen molar-refractivity contribution < 1.29 is 13.9 Å². The Kier molecular flexibility index (Phi) is 6.86. The normalized spacial score (nSPS) is 11.7. The summed E-state index contributed by atoms with van der Waals surface area (Å²) in [5, 5.41) is 0. The van der Waals surface area contributed by atoms with Crippen LogP contribution in [-0.2, 0) is 16.1 Å². The number of hydrogen-bond acceptors (Lipinski definition) is 3. The lowest BCUT2D eigenvalue weighted by atomic mass is 9.90. The molecule has 0 fully saturated rings. The maximum Gasteiger partial charge on any atom is 0.257 e. The van der Waals surface area contributed by atoms with E-state index in [1.165, 1.54) is 25.3 Å². The predicted octanol–water partition coefficient (Wildman–Crippen LogP) is 4.72. The molecule has 1 aromatic carbocycles. The molecule has 0 radical (unpaired) electrons. The van der Waals surface area contributed by atoms with Crippen LogP contribution in [0.2, 0.25) is 0 Å². The minimum atomic E-state index is -0.350. The standard InChI is InChI=1S/C22H26FNO3/c1-14(2)21-18(7-6-12-25)20(16-8-10-17(23)11-9-16)19(13-27-5)22(26)24(21)15(3)4/h6-12,14-15H,13H2,1-5H3/b7-6+. The van der Waals surface area contributed by atoms with Crippen molar-refractivity contribution in [3.05, 3.63) is 63.3 Å². The lowest BCUT2D eigenvalue weighted by molar-refractivity contribution is -0.104. The van der Waals surface area contributed by atoms with Gasteiger partial charge in [-0.05, 0) is 49.6 Å². The van der Waals surface area contributed by atoms with Gasteiger partial charge in [-0.25, -0.2) is 4.39 Å². The molecule has 1 aromatic heterocycles. The van der Waals surface area contributed by atoms with Gasteiger partial charge in [-0.15, -0.1) is 0 Å². The highest BCUT2D eigenvalue weighted by Crippen LogP contribution is 2.34. The van der Waals surface area contributed by atoms with Crippen LogP contribution in [0.3, 0.4) is 0 Å². The third kappa shape index (κ3) is 4.25. The smallest absolute Gasteiger partial charge is 0.257 e. The lowest BCUT2D eigenvalue weighted by Crippen LogP contribution is -2.31. The summed E-state index contributed by atoms with van der Waals surface area (Å²) in [6.45, 7) is 8.05. The number of halogens is 1. The van der Waals surface area contributed by atoms with Crippen LogP contribution in [0.15, 0.2) is 35.1 Å². The van der Waals surface area contributed by atoms with E-state index < -0.39 is 0 Å². The molecule has 0 aliphatic heterocycles. The van der Waals surface area contributed by atoms with E-state index in [0.29, 0.717) is 23.0 Å². The van der Waals surface area contributed by atoms with Crippen molar-refractivity contribution in [2.75, 3.05) is 7.11 Å². The van der Waals surface area contributed by atoms with Gasteiger partial charge in [-0.3, -0.25) is 9.59 Å². The van der Waals surface area contributed by atoms with E-state index in [4.69, 9.17) is 4.74 Å².